The monoisotopic (exact) mass is 343 g/mol. The van der Waals surface area contributed by atoms with Crippen LogP contribution in [-0.2, 0) is 21.8 Å². The first-order valence-corrected chi connectivity index (χ1v) is 9.82. The van der Waals surface area contributed by atoms with Crippen LogP contribution in [-0.4, -0.2) is 47.8 Å². The van der Waals surface area contributed by atoms with E-state index in [4.69, 9.17) is 4.74 Å². The van der Waals surface area contributed by atoms with Crippen molar-refractivity contribution < 1.29 is 13.2 Å². The second-order valence-electron chi connectivity index (χ2n) is 6.60. The number of nitrogens with zero attached hydrogens (tertiary/aromatic N) is 3. The molecule has 0 aliphatic carbocycles. The van der Waals surface area contributed by atoms with Gasteiger partial charge >= 0.3 is 0 Å². The molecule has 0 spiro atoms. The van der Waals surface area contributed by atoms with Gasteiger partial charge in [0.25, 0.3) is 0 Å². The third kappa shape index (κ3) is 3.95. The van der Waals surface area contributed by atoms with Gasteiger partial charge in [-0.25, -0.2) is 8.42 Å². The first kappa shape index (κ1) is 18.4. The number of piperidine rings is 1. The molecule has 23 heavy (non-hydrogen) atoms. The van der Waals surface area contributed by atoms with Crippen LogP contribution in [0.1, 0.15) is 50.9 Å². The fourth-order valence-corrected chi connectivity index (χ4v) is 5.39. The van der Waals surface area contributed by atoms with Crippen LogP contribution in [0.4, 0.5) is 0 Å². The molecule has 7 heteroatoms. The van der Waals surface area contributed by atoms with Gasteiger partial charge in [-0.1, -0.05) is 6.42 Å². The van der Waals surface area contributed by atoms with Gasteiger partial charge in [0.1, 0.15) is 4.90 Å². The van der Waals surface area contributed by atoms with Crippen LogP contribution in [0.3, 0.4) is 0 Å². The molecule has 1 aliphatic heterocycles. The van der Waals surface area contributed by atoms with E-state index in [1.54, 1.807) is 23.0 Å². The predicted molar refractivity (Wildman–Crippen MR) is 89.9 cm³/mol. The van der Waals surface area contributed by atoms with Crippen molar-refractivity contribution in [3.63, 3.8) is 0 Å². The average Bonchev–Trinajstić information content (AvgIpc) is 2.72. The summed E-state index contributed by atoms with van der Waals surface area (Å²) in [6.07, 6.45) is 3.81. The quantitative estimate of drug-likeness (QED) is 0.795. The van der Waals surface area contributed by atoms with Gasteiger partial charge in [-0.15, -0.1) is 0 Å². The van der Waals surface area contributed by atoms with E-state index in [1.807, 2.05) is 20.8 Å². The summed E-state index contributed by atoms with van der Waals surface area (Å²) in [7, 11) is -1.72. The lowest BCUT2D eigenvalue weighted by Gasteiger charge is -2.34. The van der Waals surface area contributed by atoms with E-state index in [2.05, 4.69) is 5.10 Å². The van der Waals surface area contributed by atoms with Gasteiger partial charge in [0, 0.05) is 26.2 Å². The Hall–Kier alpha value is -0.920. The van der Waals surface area contributed by atoms with Gasteiger partial charge in [-0.05, 0) is 47.0 Å². The standard InChI is InChI=1S/C16H29N3O3S/c1-12(2)22-11-9-15-8-6-7-10-19(15)23(20,21)16-13(3)17-18(5)14(16)4/h12,15H,6-11H2,1-5H3/t15-/m0/s1. The fourth-order valence-electron chi connectivity index (χ4n) is 3.26. The molecule has 1 aromatic rings. The molecule has 0 bridgehead atoms. The summed E-state index contributed by atoms with van der Waals surface area (Å²) in [5, 5.41) is 4.27. The van der Waals surface area contributed by atoms with Gasteiger partial charge in [-0.2, -0.15) is 9.40 Å². The van der Waals surface area contributed by atoms with E-state index in [-0.39, 0.29) is 12.1 Å². The molecule has 0 aromatic carbocycles. The topological polar surface area (TPSA) is 64.4 Å². The molecular formula is C16H29N3O3S. The molecule has 0 N–H and O–H groups in total. The molecule has 2 heterocycles. The zero-order valence-electron chi connectivity index (χ0n) is 14.9. The highest BCUT2D eigenvalue weighted by Crippen LogP contribution is 2.30. The van der Waals surface area contributed by atoms with Gasteiger partial charge < -0.3 is 4.74 Å². The highest BCUT2D eigenvalue weighted by atomic mass is 32.2. The van der Waals surface area contributed by atoms with Crippen LogP contribution >= 0.6 is 0 Å². The lowest BCUT2D eigenvalue weighted by Crippen LogP contribution is -2.44. The molecule has 0 unspecified atom stereocenters. The number of hydrogen-bond donors (Lipinski definition) is 0. The Morgan fingerprint density at radius 1 is 1.30 bits per heavy atom. The first-order valence-electron chi connectivity index (χ1n) is 8.38. The van der Waals surface area contributed by atoms with E-state index < -0.39 is 10.0 Å². The predicted octanol–water partition coefficient (Wildman–Crippen LogP) is 2.40. The molecule has 132 valence electrons. The Bertz CT molecular complexity index is 637. The molecule has 6 nitrogen and oxygen atoms in total. The van der Waals surface area contributed by atoms with Crippen molar-refractivity contribution in [2.24, 2.45) is 7.05 Å². The fraction of sp³-hybridized carbons (Fsp3) is 0.812. The van der Waals surface area contributed by atoms with Crippen LogP contribution in [0.2, 0.25) is 0 Å². The Morgan fingerprint density at radius 2 is 2.00 bits per heavy atom. The maximum atomic E-state index is 13.2. The molecule has 1 fully saturated rings. The zero-order valence-corrected chi connectivity index (χ0v) is 15.7. The molecule has 1 aliphatic rings. The SMILES string of the molecule is Cc1nn(C)c(C)c1S(=O)(=O)N1CCCC[C@H]1CCOC(C)C. The minimum Gasteiger partial charge on any atom is -0.379 e. The summed E-state index contributed by atoms with van der Waals surface area (Å²) in [6, 6.07) is 0.0199. The van der Waals surface area contributed by atoms with Crippen molar-refractivity contribution in [2.75, 3.05) is 13.2 Å². The molecule has 0 radical (unpaired) electrons. The summed E-state index contributed by atoms with van der Waals surface area (Å²) in [5.41, 5.74) is 1.28. The Kier molecular flexibility index (Phi) is 5.86. The molecule has 1 aromatic heterocycles. The van der Waals surface area contributed by atoms with Crippen molar-refractivity contribution in [1.29, 1.82) is 0 Å². The smallest absolute Gasteiger partial charge is 0.246 e. The molecule has 2 rings (SSSR count). The number of aryl methyl sites for hydroxylation is 2. The molecule has 0 amide bonds. The molecular weight excluding hydrogens is 314 g/mol. The van der Waals surface area contributed by atoms with Crippen LogP contribution in [0, 0.1) is 13.8 Å². The average molecular weight is 343 g/mol. The third-order valence-corrected chi connectivity index (χ3v) is 6.69. The maximum Gasteiger partial charge on any atom is 0.246 e. The van der Waals surface area contributed by atoms with Gasteiger partial charge in [0.2, 0.25) is 10.0 Å². The van der Waals surface area contributed by atoms with Gasteiger partial charge in [0.05, 0.1) is 17.5 Å². The van der Waals surface area contributed by atoms with Crippen molar-refractivity contribution in [3.05, 3.63) is 11.4 Å². The Morgan fingerprint density at radius 3 is 2.57 bits per heavy atom. The second kappa shape index (κ2) is 7.32. The maximum absolute atomic E-state index is 13.2. The van der Waals surface area contributed by atoms with Crippen molar-refractivity contribution >= 4 is 10.0 Å². The lowest BCUT2D eigenvalue weighted by atomic mass is 10.0. The van der Waals surface area contributed by atoms with Gasteiger partial charge in [-0.3, -0.25) is 4.68 Å². The number of rotatable bonds is 6. The first-order chi connectivity index (χ1) is 10.7. The van der Waals surface area contributed by atoms with E-state index in [0.29, 0.717) is 29.4 Å². The minimum absolute atomic E-state index is 0.0199. The van der Waals surface area contributed by atoms with E-state index in [0.717, 1.165) is 25.7 Å². The normalized spacial score (nSPS) is 20.3. The van der Waals surface area contributed by atoms with E-state index in [1.165, 1.54) is 0 Å². The summed E-state index contributed by atoms with van der Waals surface area (Å²) >= 11 is 0. The minimum atomic E-state index is -3.51. The lowest BCUT2D eigenvalue weighted by molar-refractivity contribution is 0.0620. The Balaban J connectivity index is 2.24. The van der Waals surface area contributed by atoms with E-state index >= 15 is 0 Å². The van der Waals surface area contributed by atoms with Crippen LogP contribution in [0.15, 0.2) is 4.90 Å². The van der Waals surface area contributed by atoms with Crippen LogP contribution in [0.5, 0.6) is 0 Å². The van der Waals surface area contributed by atoms with E-state index in [9.17, 15) is 8.42 Å². The van der Waals surface area contributed by atoms with Crippen LogP contribution < -0.4 is 0 Å². The largest absolute Gasteiger partial charge is 0.379 e. The van der Waals surface area contributed by atoms with Crippen molar-refractivity contribution in [2.45, 2.75) is 70.4 Å². The zero-order chi connectivity index (χ0) is 17.2. The summed E-state index contributed by atoms with van der Waals surface area (Å²) in [6.45, 7) is 8.76. The summed E-state index contributed by atoms with van der Waals surface area (Å²) in [4.78, 5) is 0.372. The highest BCUT2D eigenvalue weighted by Gasteiger charge is 2.36. The third-order valence-electron chi connectivity index (χ3n) is 4.48. The summed E-state index contributed by atoms with van der Waals surface area (Å²) in [5.74, 6) is 0. The molecule has 0 saturated carbocycles. The van der Waals surface area contributed by atoms with Crippen LogP contribution in [0.25, 0.3) is 0 Å². The highest BCUT2D eigenvalue weighted by molar-refractivity contribution is 7.89. The number of aromatic nitrogens is 2. The van der Waals surface area contributed by atoms with Gasteiger partial charge in [0.15, 0.2) is 0 Å². The molecule has 1 saturated heterocycles. The van der Waals surface area contributed by atoms with Crippen molar-refractivity contribution in [3.8, 4) is 0 Å². The Labute approximate surface area is 139 Å². The number of sulfonamides is 1. The van der Waals surface area contributed by atoms with Crippen molar-refractivity contribution in [1.82, 2.24) is 14.1 Å². The number of hydrogen-bond acceptors (Lipinski definition) is 4. The second-order valence-corrected chi connectivity index (χ2v) is 8.42. The molecule has 1 atom stereocenters. The number of ether oxygens (including phenoxy) is 1. The summed E-state index contributed by atoms with van der Waals surface area (Å²) < 4.78 is 35.3.